The largest absolute Gasteiger partial charge is 0.338 e. The molecule has 5 heteroatoms. The average Bonchev–Trinajstić information content (AvgIpc) is 2.62. The van der Waals surface area contributed by atoms with Crippen molar-refractivity contribution >= 4 is 9.84 Å². The first-order valence-corrected chi connectivity index (χ1v) is 6.17. The maximum Gasteiger partial charge on any atom is 0.151 e. The summed E-state index contributed by atoms with van der Waals surface area (Å²) < 4.78 is 24.0. The minimum Gasteiger partial charge on any atom is -0.338 e. The Morgan fingerprint density at radius 3 is 2.86 bits per heavy atom. The third-order valence-electron chi connectivity index (χ3n) is 2.03. The summed E-state index contributed by atoms with van der Waals surface area (Å²) in [5.74, 6) is 0.239. The van der Waals surface area contributed by atoms with Gasteiger partial charge in [0.25, 0.3) is 0 Å². The molecule has 4 nitrogen and oxygen atoms in total. The van der Waals surface area contributed by atoms with Gasteiger partial charge in [-0.2, -0.15) is 5.26 Å². The fourth-order valence-corrected chi connectivity index (χ4v) is 1.86. The Morgan fingerprint density at radius 2 is 2.29 bits per heavy atom. The molecule has 1 heterocycles. The van der Waals surface area contributed by atoms with Crippen molar-refractivity contribution in [1.82, 2.24) is 4.57 Å². The summed E-state index contributed by atoms with van der Waals surface area (Å²) in [5, 5.41) is 8.67. The highest BCUT2D eigenvalue weighted by molar-refractivity contribution is 7.91. The Hall–Kier alpha value is -1.28. The maximum absolute atomic E-state index is 11.2. The van der Waals surface area contributed by atoms with Crippen LogP contribution in [0.5, 0.6) is 0 Å². The van der Waals surface area contributed by atoms with Crippen LogP contribution >= 0.6 is 0 Å². The van der Waals surface area contributed by atoms with E-state index in [9.17, 15) is 8.42 Å². The fourth-order valence-electron chi connectivity index (χ4n) is 1.09. The number of aryl methyl sites for hydroxylation is 1. The van der Waals surface area contributed by atoms with E-state index in [1.54, 1.807) is 29.8 Å². The molecular weight excluding hydrogens is 200 g/mol. The molecule has 0 spiro atoms. The van der Waals surface area contributed by atoms with Crippen molar-refractivity contribution in [2.45, 2.75) is 13.5 Å². The van der Waals surface area contributed by atoms with Crippen LogP contribution in [0.1, 0.15) is 12.6 Å². The van der Waals surface area contributed by atoms with Crippen molar-refractivity contribution in [3.05, 3.63) is 24.0 Å². The number of hydrogen-bond donors (Lipinski definition) is 0. The Balaban J connectivity index is 2.68. The molecule has 0 aliphatic rings. The lowest BCUT2D eigenvalue weighted by atomic mass is 10.5. The summed E-state index contributed by atoms with van der Waals surface area (Å²) in [6.07, 6.45) is 1.71. The zero-order valence-corrected chi connectivity index (χ0v) is 8.79. The smallest absolute Gasteiger partial charge is 0.151 e. The van der Waals surface area contributed by atoms with E-state index in [4.69, 9.17) is 5.26 Å². The van der Waals surface area contributed by atoms with Crippen LogP contribution in [0.2, 0.25) is 0 Å². The van der Waals surface area contributed by atoms with Gasteiger partial charge in [-0.3, -0.25) is 0 Å². The van der Waals surface area contributed by atoms with Crippen molar-refractivity contribution in [2.24, 2.45) is 0 Å². The number of hydrogen-bond acceptors (Lipinski definition) is 3. The first-order chi connectivity index (χ1) is 6.59. The van der Waals surface area contributed by atoms with Crippen LogP contribution < -0.4 is 0 Å². The summed E-state index contributed by atoms with van der Waals surface area (Å²) in [7, 11) is -2.95. The Labute approximate surface area is 83.7 Å². The minimum absolute atomic E-state index is 0.0901. The Kier molecular flexibility index (Phi) is 3.31. The highest BCUT2D eigenvalue weighted by atomic mass is 32.2. The van der Waals surface area contributed by atoms with Gasteiger partial charge in [-0.05, 0) is 12.1 Å². The molecule has 1 rings (SSSR count). The van der Waals surface area contributed by atoms with Gasteiger partial charge in [-0.1, -0.05) is 6.92 Å². The summed E-state index contributed by atoms with van der Waals surface area (Å²) in [6, 6.07) is 5.40. The molecule has 1 aromatic heterocycles. The number of aromatic nitrogens is 1. The predicted octanol–water partition coefficient (Wildman–Crippen LogP) is 0.794. The van der Waals surface area contributed by atoms with Gasteiger partial charge >= 0.3 is 0 Å². The van der Waals surface area contributed by atoms with Gasteiger partial charge in [-0.15, -0.1) is 0 Å². The number of sulfone groups is 1. The van der Waals surface area contributed by atoms with Crippen molar-refractivity contribution in [3.8, 4) is 6.07 Å². The van der Waals surface area contributed by atoms with Crippen molar-refractivity contribution in [3.63, 3.8) is 0 Å². The molecule has 0 fully saturated rings. The van der Waals surface area contributed by atoms with Crippen LogP contribution in [0.4, 0.5) is 0 Å². The van der Waals surface area contributed by atoms with Gasteiger partial charge in [0.05, 0.1) is 5.75 Å². The number of nitrogens with zero attached hydrogens (tertiary/aromatic N) is 2. The van der Waals surface area contributed by atoms with Crippen LogP contribution in [-0.4, -0.2) is 24.5 Å². The normalized spacial score (nSPS) is 11.1. The molecular formula is C9H12N2O2S. The Morgan fingerprint density at radius 1 is 1.57 bits per heavy atom. The lowest BCUT2D eigenvalue weighted by Crippen LogP contribution is -2.14. The van der Waals surface area contributed by atoms with E-state index < -0.39 is 9.84 Å². The summed E-state index contributed by atoms with van der Waals surface area (Å²) in [4.78, 5) is 0. The molecule has 0 saturated heterocycles. The SMILES string of the molecule is CCS(=O)(=O)CCn1cccc1C#N. The predicted molar refractivity (Wildman–Crippen MR) is 53.5 cm³/mol. The highest BCUT2D eigenvalue weighted by Crippen LogP contribution is 2.01. The third-order valence-corrected chi connectivity index (χ3v) is 3.71. The molecule has 14 heavy (non-hydrogen) atoms. The molecule has 0 saturated carbocycles. The molecule has 0 aliphatic carbocycles. The zero-order chi connectivity index (χ0) is 10.6. The minimum atomic E-state index is -2.95. The first-order valence-electron chi connectivity index (χ1n) is 4.34. The van der Waals surface area contributed by atoms with E-state index in [0.717, 1.165) is 0 Å². The topological polar surface area (TPSA) is 62.9 Å². The summed E-state index contributed by atoms with van der Waals surface area (Å²) >= 11 is 0. The fraction of sp³-hybridized carbons (Fsp3) is 0.444. The van der Waals surface area contributed by atoms with Crippen LogP contribution in [0, 0.1) is 11.3 Å². The van der Waals surface area contributed by atoms with E-state index in [1.165, 1.54) is 0 Å². The number of nitriles is 1. The van der Waals surface area contributed by atoms with Crippen molar-refractivity contribution in [2.75, 3.05) is 11.5 Å². The molecule has 0 amide bonds. The molecule has 0 N–H and O–H groups in total. The van der Waals surface area contributed by atoms with E-state index in [0.29, 0.717) is 12.2 Å². The highest BCUT2D eigenvalue weighted by Gasteiger charge is 2.08. The van der Waals surface area contributed by atoms with Crippen LogP contribution in [-0.2, 0) is 16.4 Å². The summed E-state index contributed by atoms with van der Waals surface area (Å²) in [6.45, 7) is 1.97. The lowest BCUT2D eigenvalue weighted by molar-refractivity contribution is 0.590. The van der Waals surface area contributed by atoms with Crippen LogP contribution in [0.3, 0.4) is 0 Å². The lowest BCUT2D eigenvalue weighted by Gasteiger charge is -2.04. The van der Waals surface area contributed by atoms with E-state index in [2.05, 4.69) is 0 Å². The van der Waals surface area contributed by atoms with Gasteiger partial charge in [0.2, 0.25) is 0 Å². The molecule has 0 unspecified atom stereocenters. The third kappa shape index (κ3) is 2.60. The van der Waals surface area contributed by atoms with E-state index in [-0.39, 0.29) is 11.5 Å². The molecule has 76 valence electrons. The van der Waals surface area contributed by atoms with Crippen molar-refractivity contribution in [1.29, 1.82) is 5.26 Å². The Bertz CT molecular complexity index is 440. The molecule has 0 aromatic carbocycles. The second-order valence-electron chi connectivity index (χ2n) is 2.93. The molecule has 0 aliphatic heterocycles. The monoisotopic (exact) mass is 212 g/mol. The van der Waals surface area contributed by atoms with E-state index in [1.807, 2.05) is 6.07 Å². The maximum atomic E-state index is 11.2. The second-order valence-corrected chi connectivity index (χ2v) is 5.41. The van der Waals surface area contributed by atoms with Gasteiger partial charge in [0.1, 0.15) is 11.8 Å². The molecule has 0 atom stereocenters. The van der Waals surface area contributed by atoms with Gasteiger partial charge in [-0.25, -0.2) is 8.42 Å². The van der Waals surface area contributed by atoms with Gasteiger partial charge in [0, 0.05) is 18.5 Å². The quantitative estimate of drug-likeness (QED) is 0.741. The molecule has 0 radical (unpaired) electrons. The average molecular weight is 212 g/mol. The van der Waals surface area contributed by atoms with Crippen LogP contribution in [0.15, 0.2) is 18.3 Å². The second kappa shape index (κ2) is 4.29. The van der Waals surface area contributed by atoms with Gasteiger partial charge < -0.3 is 4.57 Å². The zero-order valence-electron chi connectivity index (χ0n) is 7.97. The van der Waals surface area contributed by atoms with E-state index >= 15 is 0 Å². The van der Waals surface area contributed by atoms with Crippen molar-refractivity contribution < 1.29 is 8.42 Å². The molecule has 0 bridgehead atoms. The number of rotatable bonds is 4. The van der Waals surface area contributed by atoms with Crippen LogP contribution in [0.25, 0.3) is 0 Å². The summed E-state index contributed by atoms with van der Waals surface area (Å²) in [5.41, 5.74) is 0.497. The van der Waals surface area contributed by atoms with Gasteiger partial charge in [0.15, 0.2) is 9.84 Å². The molecule has 1 aromatic rings. The standard InChI is InChI=1S/C9H12N2O2S/c1-2-14(12,13)7-6-11-5-3-4-9(11)8-10/h3-5H,2,6-7H2,1H3. The first kappa shape index (κ1) is 10.8.